The lowest BCUT2D eigenvalue weighted by Crippen LogP contribution is -2.13. The first kappa shape index (κ1) is 12.6. The molecule has 0 radical (unpaired) electrons. The van der Waals surface area contributed by atoms with Crippen LogP contribution in [0.1, 0.15) is 12.2 Å². The Labute approximate surface area is 109 Å². The summed E-state index contributed by atoms with van der Waals surface area (Å²) in [4.78, 5) is 11.6. The monoisotopic (exact) mass is 267 g/mol. The Bertz CT molecular complexity index is 540. The topological polar surface area (TPSA) is 42.2 Å². The minimum absolute atomic E-state index is 0.129. The molecule has 1 amide bonds. The third kappa shape index (κ3) is 3.34. The number of hydrogen-bond donors (Lipinski definition) is 1. The highest BCUT2D eigenvalue weighted by Crippen LogP contribution is 2.19. The third-order valence-corrected chi connectivity index (χ3v) is 2.62. The molecule has 1 aromatic heterocycles. The number of hydrogen-bond acceptors (Lipinski definition) is 2. The van der Waals surface area contributed by atoms with Gasteiger partial charge in [0.1, 0.15) is 11.6 Å². The lowest BCUT2D eigenvalue weighted by molar-refractivity contribution is -0.116. The molecule has 2 rings (SSSR count). The second-order valence-electron chi connectivity index (χ2n) is 3.75. The minimum atomic E-state index is -0.547. The molecule has 0 aliphatic carbocycles. The number of anilines is 1. The molecule has 0 unspecified atom stereocenters. The van der Waals surface area contributed by atoms with Crippen molar-refractivity contribution in [3.05, 3.63) is 53.2 Å². The van der Waals surface area contributed by atoms with Crippen LogP contribution < -0.4 is 5.32 Å². The van der Waals surface area contributed by atoms with E-state index in [-0.39, 0.29) is 18.0 Å². The van der Waals surface area contributed by atoms with Gasteiger partial charge in [0.2, 0.25) is 5.91 Å². The van der Waals surface area contributed by atoms with Crippen molar-refractivity contribution in [2.45, 2.75) is 12.8 Å². The van der Waals surface area contributed by atoms with Crippen LogP contribution in [-0.2, 0) is 11.2 Å². The minimum Gasteiger partial charge on any atom is -0.469 e. The zero-order valence-electron chi connectivity index (χ0n) is 9.45. The first-order valence-electron chi connectivity index (χ1n) is 5.42. The van der Waals surface area contributed by atoms with Gasteiger partial charge in [-0.3, -0.25) is 4.79 Å². The molecule has 0 saturated heterocycles. The molecule has 0 atom stereocenters. The number of halogens is 2. The van der Waals surface area contributed by atoms with Crippen molar-refractivity contribution >= 4 is 23.2 Å². The van der Waals surface area contributed by atoms with Gasteiger partial charge in [-0.2, -0.15) is 0 Å². The van der Waals surface area contributed by atoms with E-state index in [2.05, 4.69) is 5.32 Å². The Morgan fingerprint density at radius 1 is 1.39 bits per heavy atom. The van der Waals surface area contributed by atoms with E-state index in [1.165, 1.54) is 12.1 Å². The van der Waals surface area contributed by atoms with Crippen molar-refractivity contribution in [1.82, 2.24) is 0 Å². The van der Waals surface area contributed by atoms with Crippen LogP contribution in [-0.4, -0.2) is 5.91 Å². The maximum Gasteiger partial charge on any atom is 0.224 e. The summed E-state index contributed by atoms with van der Waals surface area (Å²) >= 11 is 5.62. The van der Waals surface area contributed by atoms with Crippen molar-refractivity contribution in [2.24, 2.45) is 0 Å². The number of aryl methyl sites for hydroxylation is 1. The number of rotatable bonds is 4. The molecule has 0 bridgehead atoms. The maximum absolute atomic E-state index is 13.4. The second-order valence-corrected chi connectivity index (χ2v) is 4.19. The van der Waals surface area contributed by atoms with Crippen LogP contribution >= 0.6 is 11.6 Å². The van der Waals surface area contributed by atoms with E-state index in [9.17, 15) is 9.18 Å². The highest BCUT2D eigenvalue weighted by atomic mass is 35.5. The first-order valence-corrected chi connectivity index (χ1v) is 5.80. The summed E-state index contributed by atoms with van der Waals surface area (Å²) in [5.41, 5.74) is 0.129. The predicted octanol–water partition coefficient (Wildman–Crippen LogP) is 3.64. The van der Waals surface area contributed by atoms with E-state index in [1.54, 1.807) is 18.4 Å². The highest BCUT2D eigenvalue weighted by Gasteiger charge is 2.08. The van der Waals surface area contributed by atoms with Crippen LogP contribution in [0.15, 0.2) is 41.0 Å². The molecule has 18 heavy (non-hydrogen) atoms. The highest BCUT2D eigenvalue weighted by molar-refractivity contribution is 6.30. The summed E-state index contributed by atoms with van der Waals surface area (Å²) in [6, 6.07) is 7.65. The van der Waals surface area contributed by atoms with Crippen LogP contribution in [0.4, 0.5) is 10.1 Å². The number of furan rings is 1. The standard InChI is InChI=1S/C13H11ClFNO2/c14-9-3-5-12(11(15)8-9)16-13(17)6-4-10-2-1-7-18-10/h1-3,5,7-8H,4,6H2,(H,16,17). The first-order chi connectivity index (χ1) is 8.65. The van der Waals surface area contributed by atoms with E-state index < -0.39 is 5.82 Å². The van der Waals surface area contributed by atoms with Crippen molar-refractivity contribution in [1.29, 1.82) is 0 Å². The van der Waals surface area contributed by atoms with Crippen molar-refractivity contribution in [3.8, 4) is 0 Å². The maximum atomic E-state index is 13.4. The van der Waals surface area contributed by atoms with Gasteiger partial charge in [-0.15, -0.1) is 0 Å². The van der Waals surface area contributed by atoms with E-state index in [4.69, 9.17) is 16.0 Å². The van der Waals surface area contributed by atoms with Crippen LogP contribution in [0.25, 0.3) is 0 Å². The second kappa shape index (κ2) is 5.69. The van der Waals surface area contributed by atoms with Gasteiger partial charge in [0.25, 0.3) is 0 Å². The zero-order valence-corrected chi connectivity index (χ0v) is 10.2. The van der Waals surface area contributed by atoms with Gasteiger partial charge in [-0.1, -0.05) is 11.6 Å². The molecule has 0 aliphatic rings. The van der Waals surface area contributed by atoms with Gasteiger partial charge in [0, 0.05) is 17.9 Å². The number of benzene rings is 1. The molecule has 2 aromatic rings. The van der Waals surface area contributed by atoms with Crippen LogP contribution in [0.2, 0.25) is 5.02 Å². The fourth-order valence-corrected chi connectivity index (χ4v) is 1.65. The third-order valence-electron chi connectivity index (χ3n) is 2.38. The van der Waals surface area contributed by atoms with E-state index >= 15 is 0 Å². The Hall–Kier alpha value is -1.81. The number of amides is 1. The summed E-state index contributed by atoms with van der Waals surface area (Å²) in [6.07, 6.45) is 2.26. The molecule has 0 spiro atoms. The van der Waals surface area contributed by atoms with Gasteiger partial charge in [0.15, 0.2) is 0 Å². The Morgan fingerprint density at radius 3 is 2.89 bits per heavy atom. The van der Waals surface area contributed by atoms with Crippen molar-refractivity contribution in [3.63, 3.8) is 0 Å². The zero-order chi connectivity index (χ0) is 13.0. The lowest BCUT2D eigenvalue weighted by atomic mass is 10.2. The number of carbonyl (C=O) groups is 1. The normalized spacial score (nSPS) is 10.3. The van der Waals surface area contributed by atoms with Crippen molar-refractivity contribution in [2.75, 3.05) is 5.32 Å². The molecule has 0 fully saturated rings. The van der Waals surface area contributed by atoms with E-state index in [0.717, 1.165) is 11.8 Å². The number of nitrogens with one attached hydrogen (secondary N) is 1. The fraction of sp³-hybridized carbons (Fsp3) is 0.154. The summed E-state index contributed by atoms with van der Waals surface area (Å²) in [5.74, 6) is -0.0943. The quantitative estimate of drug-likeness (QED) is 0.919. The molecule has 3 nitrogen and oxygen atoms in total. The Balaban J connectivity index is 1.91. The van der Waals surface area contributed by atoms with Gasteiger partial charge < -0.3 is 9.73 Å². The van der Waals surface area contributed by atoms with Crippen LogP contribution in [0.3, 0.4) is 0 Å². The Morgan fingerprint density at radius 2 is 2.22 bits per heavy atom. The summed E-state index contributed by atoms with van der Waals surface area (Å²) < 4.78 is 18.5. The van der Waals surface area contributed by atoms with E-state index in [0.29, 0.717) is 11.4 Å². The van der Waals surface area contributed by atoms with Gasteiger partial charge in [0.05, 0.1) is 12.0 Å². The predicted molar refractivity (Wildman–Crippen MR) is 67.1 cm³/mol. The molecule has 94 valence electrons. The fourth-order valence-electron chi connectivity index (χ4n) is 1.50. The summed E-state index contributed by atoms with van der Waals surface area (Å²) in [5, 5.41) is 2.78. The smallest absolute Gasteiger partial charge is 0.224 e. The SMILES string of the molecule is O=C(CCc1ccco1)Nc1ccc(Cl)cc1F. The molecular weight excluding hydrogens is 257 g/mol. The number of carbonyl (C=O) groups excluding carboxylic acids is 1. The molecule has 0 aliphatic heterocycles. The molecule has 1 N–H and O–H groups in total. The molecule has 5 heteroatoms. The molecule has 1 heterocycles. The van der Waals surface area contributed by atoms with Gasteiger partial charge in [-0.25, -0.2) is 4.39 Å². The molecule has 0 saturated carbocycles. The summed E-state index contributed by atoms with van der Waals surface area (Å²) in [6.45, 7) is 0. The van der Waals surface area contributed by atoms with Crippen LogP contribution in [0, 0.1) is 5.82 Å². The van der Waals surface area contributed by atoms with Gasteiger partial charge in [-0.05, 0) is 30.3 Å². The van der Waals surface area contributed by atoms with Crippen molar-refractivity contribution < 1.29 is 13.6 Å². The van der Waals surface area contributed by atoms with E-state index in [1.807, 2.05) is 0 Å². The largest absolute Gasteiger partial charge is 0.469 e. The van der Waals surface area contributed by atoms with Gasteiger partial charge >= 0.3 is 0 Å². The Kier molecular flexibility index (Phi) is 3.99. The average molecular weight is 268 g/mol. The molecule has 1 aromatic carbocycles. The summed E-state index contributed by atoms with van der Waals surface area (Å²) in [7, 11) is 0. The van der Waals surface area contributed by atoms with Crippen LogP contribution in [0.5, 0.6) is 0 Å². The molecular formula is C13H11ClFNO2. The lowest BCUT2D eigenvalue weighted by Gasteiger charge is -2.05. The average Bonchev–Trinajstić information content (AvgIpc) is 2.83.